The van der Waals surface area contributed by atoms with Crippen molar-refractivity contribution in [2.75, 3.05) is 11.6 Å². The molecule has 23 heavy (non-hydrogen) atoms. The fraction of sp³-hybridized carbons (Fsp3) is 0.278. The van der Waals surface area contributed by atoms with E-state index in [1.54, 1.807) is 12.1 Å². The highest BCUT2D eigenvalue weighted by Crippen LogP contribution is 2.29. The van der Waals surface area contributed by atoms with Gasteiger partial charge in [-0.25, -0.2) is 8.42 Å². The quantitative estimate of drug-likeness (QED) is 0.934. The number of hydrogen-bond donors (Lipinski definition) is 1. The van der Waals surface area contributed by atoms with Crippen LogP contribution >= 0.6 is 0 Å². The van der Waals surface area contributed by atoms with E-state index in [9.17, 15) is 13.2 Å². The molecule has 0 aliphatic heterocycles. The summed E-state index contributed by atoms with van der Waals surface area (Å²) >= 11 is 0. The molecule has 0 spiro atoms. The van der Waals surface area contributed by atoms with Gasteiger partial charge in [0.2, 0.25) is 0 Å². The molecule has 2 rings (SSSR count). The first kappa shape index (κ1) is 17.2. The standard InChI is InChI=1S/C18H21NO3S/c1-18(2,3)15-10-5-6-11-16(15)19-17(20)13-8-7-9-14(12-13)23(4,21)22/h5-12H,1-4H3,(H,19,20). The number of amides is 1. The molecule has 0 atom stereocenters. The van der Waals surface area contributed by atoms with Crippen LogP contribution in [0, 0.1) is 0 Å². The zero-order valence-corrected chi connectivity index (χ0v) is 14.6. The number of sulfone groups is 1. The number of anilines is 1. The van der Waals surface area contributed by atoms with Crippen molar-refractivity contribution in [1.29, 1.82) is 0 Å². The molecule has 5 heteroatoms. The van der Waals surface area contributed by atoms with Crippen LogP contribution in [0.3, 0.4) is 0 Å². The van der Waals surface area contributed by atoms with Gasteiger partial charge in [0.25, 0.3) is 5.91 Å². The van der Waals surface area contributed by atoms with Gasteiger partial charge in [-0.2, -0.15) is 0 Å². The molecule has 1 N–H and O–H groups in total. The van der Waals surface area contributed by atoms with Crippen LogP contribution in [0.2, 0.25) is 0 Å². The molecule has 122 valence electrons. The van der Waals surface area contributed by atoms with Crippen LogP contribution in [0.1, 0.15) is 36.7 Å². The minimum absolute atomic E-state index is 0.113. The van der Waals surface area contributed by atoms with Crippen molar-refractivity contribution in [3.05, 3.63) is 59.7 Å². The Balaban J connectivity index is 2.35. The fourth-order valence-corrected chi connectivity index (χ4v) is 2.98. The van der Waals surface area contributed by atoms with Gasteiger partial charge in [0.15, 0.2) is 9.84 Å². The second-order valence-electron chi connectivity index (χ2n) is 6.55. The van der Waals surface area contributed by atoms with Crippen molar-refractivity contribution >= 4 is 21.4 Å². The Morgan fingerprint density at radius 2 is 1.65 bits per heavy atom. The van der Waals surface area contributed by atoms with E-state index in [4.69, 9.17) is 0 Å². The molecule has 2 aromatic carbocycles. The molecule has 4 nitrogen and oxygen atoms in total. The Hall–Kier alpha value is -2.14. The predicted octanol–water partition coefficient (Wildman–Crippen LogP) is 3.64. The molecule has 0 aliphatic carbocycles. The molecule has 0 fully saturated rings. The molecule has 0 unspecified atom stereocenters. The molecule has 0 aromatic heterocycles. The monoisotopic (exact) mass is 331 g/mol. The van der Waals surface area contributed by atoms with Crippen molar-refractivity contribution in [2.24, 2.45) is 0 Å². The highest BCUT2D eigenvalue weighted by molar-refractivity contribution is 7.90. The lowest BCUT2D eigenvalue weighted by atomic mass is 9.86. The molecular weight excluding hydrogens is 310 g/mol. The molecule has 0 heterocycles. The van der Waals surface area contributed by atoms with Gasteiger partial charge in [-0.15, -0.1) is 0 Å². The van der Waals surface area contributed by atoms with E-state index in [0.29, 0.717) is 5.56 Å². The van der Waals surface area contributed by atoms with Crippen LogP contribution < -0.4 is 5.32 Å². The van der Waals surface area contributed by atoms with Crippen molar-refractivity contribution in [3.8, 4) is 0 Å². The summed E-state index contributed by atoms with van der Waals surface area (Å²) in [6.07, 6.45) is 1.12. The fourth-order valence-electron chi connectivity index (χ4n) is 2.31. The molecule has 2 aromatic rings. The lowest BCUT2D eigenvalue weighted by Crippen LogP contribution is -2.18. The lowest BCUT2D eigenvalue weighted by molar-refractivity contribution is 0.102. The van der Waals surface area contributed by atoms with Gasteiger partial charge in [0.05, 0.1) is 4.90 Å². The van der Waals surface area contributed by atoms with Crippen molar-refractivity contribution in [2.45, 2.75) is 31.1 Å². The molecule has 0 bridgehead atoms. The number of nitrogens with one attached hydrogen (secondary N) is 1. The molecule has 0 saturated carbocycles. The average Bonchev–Trinajstić information content (AvgIpc) is 2.46. The smallest absolute Gasteiger partial charge is 0.255 e. The first-order valence-electron chi connectivity index (χ1n) is 7.30. The Kier molecular flexibility index (Phi) is 4.61. The van der Waals surface area contributed by atoms with Crippen LogP contribution in [0.4, 0.5) is 5.69 Å². The SMILES string of the molecule is CC(C)(C)c1ccccc1NC(=O)c1cccc(S(C)(=O)=O)c1. The normalized spacial score (nSPS) is 12.0. The van der Waals surface area contributed by atoms with Gasteiger partial charge in [-0.1, -0.05) is 45.0 Å². The summed E-state index contributed by atoms with van der Waals surface area (Å²) in [4.78, 5) is 12.6. The summed E-state index contributed by atoms with van der Waals surface area (Å²) in [6, 6.07) is 13.7. The summed E-state index contributed by atoms with van der Waals surface area (Å²) < 4.78 is 23.2. The Bertz CT molecular complexity index is 833. The molecule has 1 amide bonds. The average molecular weight is 331 g/mol. The maximum atomic E-state index is 12.5. The third kappa shape index (κ3) is 4.20. The van der Waals surface area contributed by atoms with E-state index in [-0.39, 0.29) is 16.2 Å². The maximum absolute atomic E-state index is 12.5. The number of rotatable bonds is 3. The van der Waals surface area contributed by atoms with Crippen molar-refractivity contribution in [3.63, 3.8) is 0 Å². The third-order valence-electron chi connectivity index (χ3n) is 3.51. The third-order valence-corrected chi connectivity index (χ3v) is 4.62. The molecule has 0 aliphatic rings. The van der Waals surface area contributed by atoms with Crippen LogP contribution in [0.15, 0.2) is 53.4 Å². The van der Waals surface area contributed by atoms with Crippen molar-refractivity contribution in [1.82, 2.24) is 0 Å². The summed E-state index contributed by atoms with van der Waals surface area (Å²) in [6.45, 7) is 6.22. The maximum Gasteiger partial charge on any atom is 0.255 e. The topological polar surface area (TPSA) is 63.2 Å². The minimum atomic E-state index is -3.34. The Labute approximate surface area is 137 Å². The first-order valence-corrected chi connectivity index (χ1v) is 9.19. The van der Waals surface area contributed by atoms with Gasteiger partial charge < -0.3 is 5.32 Å². The predicted molar refractivity (Wildman–Crippen MR) is 92.6 cm³/mol. The number of carbonyl (C=O) groups is 1. The van der Waals surface area contributed by atoms with Crippen LogP contribution in [0.5, 0.6) is 0 Å². The van der Waals surface area contributed by atoms with E-state index < -0.39 is 9.84 Å². The second kappa shape index (κ2) is 6.16. The van der Waals surface area contributed by atoms with E-state index in [2.05, 4.69) is 26.1 Å². The highest BCUT2D eigenvalue weighted by Gasteiger charge is 2.19. The minimum Gasteiger partial charge on any atom is -0.322 e. The van der Waals surface area contributed by atoms with Gasteiger partial charge in [0.1, 0.15) is 0 Å². The Morgan fingerprint density at radius 3 is 2.26 bits per heavy atom. The van der Waals surface area contributed by atoms with Gasteiger partial charge in [-0.05, 0) is 35.2 Å². The summed E-state index contributed by atoms with van der Waals surface area (Å²) in [5.74, 6) is -0.327. The van der Waals surface area contributed by atoms with Gasteiger partial charge in [0, 0.05) is 17.5 Å². The number of hydrogen-bond acceptors (Lipinski definition) is 3. The molecular formula is C18H21NO3S. The van der Waals surface area contributed by atoms with Crippen LogP contribution in [0.25, 0.3) is 0 Å². The van der Waals surface area contributed by atoms with Gasteiger partial charge >= 0.3 is 0 Å². The second-order valence-corrected chi connectivity index (χ2v) is 8.57. The first-order chi connectivity index (χ1) is 10.6. The van der Waals surface area contributed by atoms with E-state index in [1.807, 2.05) is 24.3 Å². The number of benzene rings is 2. The molecule has 0 radical (unpaired) electrons. The lowest BCUT2D eigenvalue weighted by Gasteiger charge is -2.23. The van der Waals surface area contributed by atoms with Crippen LogP contribution in [-0.2, 0) is 15.3 Å². The van der Waals surface area contributed by atoms with E-state index in [1.165, 1.54) is 12.1 Å². The highest BCUT2D eigenvalue weighted by atomic mass is 32.2. The summed E-state index contributed by atoms with van der Waals surface area (Å²) in [7, 11) is -3.34. The van der Waals surface area contributed by atoms with E-state index >= 15 is 0 Å². The number of carbonyl (C=O) groups excluding carboxylic acids is 1. The number of para-hydroxylation sites is 1. The Morgan fingerprint density at radius 1 is 1.00 bits per heavy atom. The van der Waals surface area contributed by atoms with Gasteiger partial charge in [-0.3, -0.25) is 4.79 Å². The zero-order chi connectivity index (χ0) is 17.3. The zero-order valence-electron chi connectivity index (χ0n) is 13.8. The summed E-state index contributed by atoms with van der Waals surface area (Å²) in [5, 5.41) is 2.88. The van der Waals surface area contributed by atoms with Crippen molar-refractivity contribution < 1.29 is 13.2 Å². The van der Waals surface area contributed by atoms with Crippen LogP contribution in [-0.4, -0.2) is 20.6 Å². The summed E-state index contributed by atoms with van der Waals surface area (Å²) in [5.41, 5.74) is 1.96. The van der Waals surface area contributed by atoms with E-state index in [0.717, 1.165) is 17.5 Å². The largest absolute Gasteiger partial charge is 0.322 e. The molecule has 0 saturated heterocycles.